The van der Waals surface area contributed by atoms with Crippen molar-refractivity contribution in [3.05, 3.63) is 0 Å². The Bertz CT molecular complexity index is 300. The fourth-order valence-electron chi connectivity index (χ4n) is 2.39. The number of hydrogen-bond acceptors (Lipinski definition) is 4. The second kappa shape index (κ2) is 5.60. The molecule has 2 rings (SSSR count). The molecule has 5 nitrogen and oxygen atoms in total. The highest BCUT2D eigenvalue weighted by atomic mass is 16.5. The highest BCUT2D eigenvalue weighted by Crippen LogP contribution is 2.20. The first kappa shape index (κ1) is 12.5. The summed E-state index contributed by atoms with van der Waals surface area (Å²) in [7, 11) is 0. The van der Waals surface area contributed by atoms with E-state index >= 15 is 0 Å². The standard InChI is InChI=1S/C12H20N2O3/c1-2-3-4-14-11(15)9-10(12(14)16)13-5-7-17-8-6-13/h10H,2-9H2,1H3/t10-/m0/s1. The maximum absolute atomic E-state index is 12.1. The van der Waals surface area contributed by atoms with Crippen LogP contribution in [0.25, 0.3) is 0 Å². The Kier molecular flexibility index (Phi) is 4.12. The lowest BCUT2D eigenvalue weighted by Gasteiger charge is -2.30. The molecule has 0 unspecified atom stereocenters. The van der Waals surface area contributed by atoms with E-state index in [1.165, 1.54) is 4.90 Å². The van der Waals surface area contributed by atoms with E-state index < -0.39 is 0 Å². The van der Waals surface area contributed by atoms with Gasteiger partial charge in [-0.1, -0.05) is 13.3 Å². The van der Waals surface area contributed by atoms with Crippen molar-refractivity contribution >= 4 is 11.8 Å². The third-order valence-electron chi connectivity index (χ3n) is 3.44. The van der Waals surface area contributed by atoms with Gasteiger partial charge in [0.1, 0.15) is 0 Å². The summed E-state index contributed by atoms with van der Waals surface area (Å²) in [6.07, 6.45) is 2.25. The summed E-state index contributed by atoms with van der Waals surface area (Å²) >= 11 is 0. The topological polar surface area (TPSA) is 49.9 Å². The van der Waals surface area contributed by atoms with E-state index in [2.05, 4.69) is 11.8 Å². The third-order valence-corrected chi connectivity index (χ3v) is 3.44. The SMILES string of the molecule is CCCCN1C(=O)C[C@H](N2CCOCC2)C1=O. The number of morpholine rings is 1. The average molecular weight is 240 g/mol. The van der Waals surface area contributed by atoms with Crippen LogP contribution in [0.2, 0.25) is 0 Å². The van der Waals surface area contributed by atoms with E-state index in [1.54, 1.807) is 0 Å². The Labute approximate surface area is 102 Å². The predicted octanol–water partition coefficient (Wildman–Crippen LogP) is 0.246. The second-order valence-electron chi connectivity index (χ2n) is 4.61. The maximum atomic E-state index is 12.1. The molecule has 0 spiro atoms. The van der Waals surface area contributed by atoms with Crippen LogP contribution < -0.4 is 0 Å². The molecule has 0 bridgehead atoms. The number of amides is 2. The van der Waals surface area contributed by atoms with E-state index in [0.717, 1.165) is 25.9 Å². The van der Waals surface area contributed by atoms with Crippen molar-refractivity contribution in [1.82, 2.24) is 9.80 Å². The van der Waals surface area contributed by atoms with Crippen molar-refractivity contribution in [3.63, 3.8) is 0 Å². The number of nitrogens with zero attached hydrogens (tertiary/aromatic N) is 2. The van der Waals surface area contributed by atoms with E-state index in [4.69, 9.17) is 4.74 Å². The number of hydrogen-bond donors (Lipinski definition) is 0. The molecule has 0 radical (unpaired) electrons. The molecule has 2 saturated heterocycles. The molecular weight excluding hydrogens is 220 g/mol. The van der Waals surface area contributed by atoms with Crippen molar-refractivity contribution in [2.24, 2.45) is 0 Å². The second-order valence-corrected chi connectivity index (χ2v) is 4.61. The average Bonchev–Trinajstić information content (AvgIpc) is 2.64. The normalized spacial score (nSPS) is 26.9. The van der Waals surface area contributed by atoms with E-state index in [1.807, 2.05) is 0 Å². The Morgan fingerprint density at radius 1 is 1.29 bits per heavy atom. The molecule has 0 aromatic rings. The van der Waals surface area contributed by atoms with Gasteiger partial charge in [0.05, 0.1) is 25.7 Å². The molecule has 2 fully saturated rings. The molecule has 0 N–H and O–H groups in total. The molecule has 0 saturated carbocycles. The van der Waals surface area contributed by atoms with Crippen LogP contribution >= 0.6 is 0 Å². The number of likely N-dealkylation sites (tertiary alicyclic amines) is 1. The van der Waals surface area contributed by atoms with Crippen LogP contribution in [0.1, 0.15) is 26.2 Å². The van der Waals surface area contributed by atoms with Gasteiger partial charge in [0.2, 0.25) is 11.8 Å². The summed E-state index contributed by atoms with van der Waals surface area (Å²) in [4.78, 5) is 27.4. The van der Waals surface area contributed by atoms with Crippen LogP contribution in [-0.2, 0) is 14.3 Å². The largest absolute Gasteiger partial charge is 0.379 e. The summed E-state index contributed by atoms with van der Waals surface area (Å²) in [5.41, 5.74) is 0. The summed E-state index contributed by atoms with van der Waals surface area (Å²) in [5.74, 6) is -0.0229. The van der Waals surface area contributed by atoms with Gasteiger partial charge in [-0.2, -0.15) is 0 Å². The van der Waals surface area contributed by atoms with Crippen LogP contribution in [0.4, 0.5) is 0 Å². The molecule has 1 atom stereocenters. The van der Waals surface area contributed by atoms with Crippen LogP contribution in [-0.4, -0.2) is 60.5 Å². The van der Waals surface area contributed by atoms with Crippen LogP contribution in [0.3, 0.4) is 0 Å². The first-order chi connectivity index (χ1) is 8.24. The van der Waals surface area contributed by atoms with Gasteiger partial charge >= 0.3 is 0 Å². The van der Waals surface area contributed by atoms with E-state index in [9.17, 15) is 9.59 Å². The van der Waals surface area contributed by atoms with Crippen molar-refractivity contribution in [2.45, 2.75) is 32.2 Å². The summed E-state index contributed by atoms with van der Waals surface area (Å²) in [5, 5.41) is 0. The van der Waals surface area contributed by atoms with Crippen LogP contribution in [0.5, 0.6) is 0 Å². The summed E-state index contributed by atoms with van der Waals surface area (Å²) < 4.78 is 5.26. The quantitative estimate of drug-likeness (QED) is 0.661. The van der Waals surface area contributed by atoms with Crippen molar-refractivity contribution in [1.29, 1.82) is 0 Å². The van der Waals surface area contributed by atoms with Gasteiger partial charge in [-0.15, -0.1) is 0 Å². The van der Waals surface area contributed by atoms with Crippen molar-refractivity contribution < 1.29 is 14.3 Å². The molecule has 0 aliphatic carbocycles. The highest BCUT2D eigenvalue weighted by Gasteiger charge is 2.41. The highest BCUT2D eigenvalue weighted by molar-refractivity contribution is 6.05. The molecule has 0 aromatic heterocycles. The van der Waals surface area contributed by atoms with Gasteiger partial charge < -0.3 is 4.74 Å². The van der Waals surface area contributed by atoms with Crippen molar-refractivity contribution in [3.8, 4) is 0 Å². The minimum absolute atomic E-state index is 0.00894. The molecule has 17 heavy (non-hydrogen) atoms. The third kappa shape index (κ3) is 2.66. The lowest BCUT2D eigenvalue weighted by Crippen LogP contribution is -2.47. The minimum Gasteiger partial charge on any atom is -0.379 e. The van der Waals surface area contributed by atoms with Crippen LogP contribution in [0, 0.1) is 0 Å². The van der Waals surface area contributed by atoms with Gasteiger partial charge in [-0.25, -0.2) is 0 Å². The van der Waals surface area contributed by atoms with Gasteiger partial charge in [0.25, 0.3) is 0 Å². The predicted molar refractivity (Wildman–Crippen MR) is 62.4 cm³/mol. The fourth-order valence-corrected chi connectivity index (χ4v) is 2.39. The number of rotatable bonds is 4. The van der Waals surface area contributed by atoms with Gasteiger partial charge in [0, 0.05) is 19.6 Å². The van der Waals surface area contributed by atoms with E-state index in [0.29, 0.717) is 26.2 Å². The summed E-state index contributed by atoms with van der Waals surface area (Å²) in [6, 6.07) is -0.233. The minimum atomic E-state index is -0.233. The number of carbonyl (C=O) groups is 2. The molecule has 2 aliphatic heterocycles. The monoisotopic (exact) mass is 240 g/mol. The molecule has 96 valence electrons. The van der Waals surface area contributed by atoms with E-state index in [-0.39, 0.29) is 17.9 Å². The van der Waals surface area contributed by atoms with Gasteiger partial charge in [-0.3, -0.25) is 19.4 Å². The zero-order valence-corrected chi connectivity index (χ0v) is 10.4. The number of unbranched alkanes of at least 4 members (excludes halogenated alkanes) is 1. The molecule has 2 amide bonds. The fraction of sp³-hybridized carbons (Fsp3) is 0.833. The first-order valence-electron chi connectivity index (χ1n) is 6.40. The molecular formula is C12H20N2O3. The molecule has 5 heteroatoms. The lowest BCUT2D eigenvalue weighted by atomic mass is 10.2. The molecule has 2 heterocycles. The number of carbonyl (C=O) groups excluding carboxylic acids is 2. The Morgan fingerprint density at radius 2 is 2.00 bits per heavy atom. The zero-order chi connectivity index (χ0) is 12.3. The van der Waals surface area contributed by atoms with Crippen molar-refractivity contribution in [2.75, 3.05) is 32.8 Å². The Morgan fingerprint density at radius 3 is 2.65 bits per heavy atom. The first-order valence-corrected chi connectivity index (χ1v) is 6.40. The molecule has 2 aliphatic rings. The van der Waals surface area contributed by atoms with Crippen LogP contribution in [0.15, 0.2) is 0 Å². The Balaban J connectivity index is 1.96. The smallest absolute Gasteiger partial charge is 0.247 e. The van der Waals surface area contributed by atoms with Gasteiger partial charge in [-0.05, 0) is 6.42 Å². The maximum Gasteiger partial charge on any atom is 0.247 e. The lowest BCUT2D eigenvalue weighted by molar-refractivity contribution is -0.140. The Hall–Kier alpha value is -0.940. The summed E-state index contributed by atoms with van der Waals surface area (Å²) in [6.45, 7) is 5.47. The molecule has 0 aromatic carbocycles. The van der Waals surface area contributed by atoms with Gasteiger partial charge in [0.15, 0.2) is 0 Å². The number of ether oxygens (including phenoxy) is 1. The number of imide groups is 1. The zero-order valence-electron chi connectivity index (χ0n) is 10.4.